The molecule has 9 heteroatoms. The molecule has 144 valence electrons. The first-order valence-electron chi connectivity index (χ1n) is 7.84. The fourth-order valence-corrected chi connectivity index (χ4v) is 3.08. The molecule has 5 nitrogen and oxygen atoms in total. The molecule has 0 aliphatic heterocycles. The van der Waals surface area contributed by atoms with E-state index >= 15 is 0 Å². The minimum atomic E-state index is -4.47. The fourth-order valence-electron chi connectivity index (χ4n) is 2.14. The van der Waals surface area contributed by atoms with E-state index in [0.717, 1.165) is 24.3 Å². The summed E-state index contributed by atoms with van der Waals surface area (Å²) in [4.78, 5) is 24.3. The quantitative estimate of drug-likeness (QED) is 0.753. The Morgan fingerprint density at radius 1 is 1.07 bits per heavy atom. The standard InChI is InChI=1S/C18H16F3NO4S/c1-2-27(25)15-6-4-3-5-14(15)17(24)26-11-16(23)22-13-9-7-12(8-10-13)18(19,20)21/h3-10H,2,11H2,1H3,(H,22,23). The summed E-state index contributed by atoms with van der Waals surface area (Å²) >= 11 is 0. The van der Waals surface area contributed by atoms with Gasteiger partial charge in [-0.25, -0.2) is 4.79 Å². The highest BCUT2D eigenvalue weighted by molar-refractivity contribution is 7.85. The molecule has 0 heterocycles. The van der Waals surface area contributed by atoms with Crippen molar-refractivity contribution in [1.82, 2.24) is 0 Å². The Kier molecular flexibility index (Phi) is 6.73. The molecular formula is C18H16F3NO4S. The number of nitrogens with one attached hydrogen (secondary N) is 1. The number of alkyl halides is 3. The molecule has 2 aromatic carbocycles. The van der Waals surface area contributed by atoms with Crippen LogP contribution in [0.25, 0.3) is 0 Å². The molecule has 0 aliphatic carbocycles. The minimum absolute atomic E-state index is 0.0972. The Morgan fingerprint density at radius 2 is 1.70 bits per heavy atom. The van der Waals surface area contributed by atoms with Gasteiger partial charge in [0.05, 0.1) is 26.8 Å². The van der Waals surface area contributed by atoms with Crippen molar-refractivity contribution in [3.05, 3.63) is 59.7 Å². The molecule has 1 unspecified atom stereocenters. The van der Waals surface area contributed by atoms with Gasteiger partial charge in [0.1, 0.15) is 0 Å². The molecule has 0 radical (unpaired) electrons. The van der Waals surface area contributed by atoms with Crippen molar-refractivity contribution >= 4 is 28.4 Å². The topological polar surface area (TPSA) is 72.5 Å². The molecular weight excluding hydrogens is 383 g/mol. The maximum absolute atomic E-state index is 12.5. The van der Waals surface area contributed by atoms with Gasteiger partial charge in [-0.05, 0) is 36.4 Å². The second-order valence-corrected chi connectivity index (χ2v) is 7.04. The maximum atomic E-state index is 12.5. The lowest BCUT2D eigenvalue weighted by molar-refractivity contribution is -0.137. The lowest BCUT2D eigenvalue weighted by Crippen LogP contribution is -2.21. The van der Waals surface area contributed by atoms with Crippen LogP contribution in [-0.2, 0) is 26.5 Å². The Bertz CT molecular complexity index is 850. The lowest BCUT2D eigenvalue weighted by atomic mass is 10.2. The summed E-state index contributed by atoms with van der Waals surface area (Å²) < 4.78 is 54.4. The van der Waals surface area contributed by atoms with Crippen molar-refractivity contribution in [2.75, 3.05) is 17.7 Å². The maximum Gasteiger partial charge on any atom is 0.416 e. The molecule has 0 fully saturated rings. The third-order valence-electron chi connectivity index (χ3n) is 3.44. The molecule has 1 N–H and O–H groups in total. The van der Waals surface area contributed by atoms with Gasteiger partial charge in [-0.3, -0.25) is 9.00 Å². The second-order valence-electron chi connectivity index (χ2n) is 5.33. The van der Waals surface area contributed by atoms with E-state index in [0.29, 0.717) is 10.6 Å². The van der Waals surface area contributed by atoms with Gasteiger partial charge >= 0.3 is 12.1 Å². The highest BCUT2D eigenvalue weighted by Crippen LogP contribution is 2.29. The van der Waals surface area contributed by atoms with Crippen LogP contribution in [0.3, 0.4) is 0 Å². The van der Waals surface area contributed by atoms with Crippen LogP contribution in [0, 0.1) is 0 Å². The van der Waals surface area contributed by atoms with Gasteiger partial charge in [0.25, 0.3) is 5.91 Å². The SMILES string of the molecule is CCS(=O)c1ccccc1C(=O)OCC(=O)Nc1ccc(C(F)(F)F)cc1. The Balaban J connectivity index is 1.96. The first-order valence-corrected chi connectivity index (χ1v) is 9.16. The molecule has 0 saturated heterocycles. The van der Waals surface area contributed by atoms with E-state index in [-0.39, 0.29) is 11.3 Å². The number of anilines is 1. The molecule has 1 atom stereocenters. The van der Waals surface area contributed by atoms with Crippen molar-refractivity contribution in [1.29, 1.82) is 0 Å². The first kappa shape index (κ1) is 20.6. The number of hydrogen-bond acceptors (Lipinski definition) is 4. The second kappa shape index (κ2) is 8.81. The zero-order valence-electron chi connectivity index (χ0n) is 14.2. The summed E-state index contributed by atoms with van der Waals surface area (Å²) in [6.45, 7) is 1.07. The van der Waals surface area contributed by atoms with Crippen LogP contribution in [-0.4, -0.2) is 28.4 Å². The number of halogens is 3. The number of rotatable bonds is 6. The summed E-state index contributed by atoms with van der Waals surface area (Å²) in [5.41, 5.74) is -0.607. The predicted octanol–water partition coefficient (Wildman–Crippen LogP) is 3.63. The van der Waals surface area contributed by atoms with E-state index in [1.807, 2.05) is 0 Å². The van der Waals surface area contributed by atoms with Gasteiger partial charge < -0.3 is 10.1 Å². The van der Waals surface area contributed by atoms with Crippen molar-refractivity contribution in [3.63, 3.8) is 0 Å². The average molecular weight is 399 g/mol. The normalized spacial score (nSPS) is 12.3. The third-order valence-corrected chi connectivity index (χ3v) is 4.82. The van der Waals surface area contributed by atoms with Gasteiger partial charge in [-0.1, -0.05) is 19.1 Å². The van der Waals surface area contributed by atoms with Gasteiger partial charge in [0, 0.05) is 11.4 Å². The van der Waals surface area contributed by atoms with E-state index in [1.165, 1.54) is 6.07 Å². The van der Waals surface area contributed by atoms with Gasteiger partial charge in [-0.2, -0.15) is 13.2 Å². The largest absolute Gasteiger partial charge is 0.452 e. The number of amides is 1. The minimum Gasteiger partial charge on any atom is -0.452 e. The average Bonchev–Trinajstić information content (AvgIpc) is 2.65. The van der Waals surface area contributed by atoms with Crippen LogP contribution in [0.5, 0.6) is 0 Å². The number of carbonyl (C=O) groups is 2. The summed E-state index contributed by atoms with van der Waals surface area (Å²) in [7, 11) is -1.37. The molecule has 0 spiro atoms. The Morgan fingerprint density at radius 3 is 2.30 bits per heavy atom. The number of esters is 1. The fraction of sp³-hybridized carbons (Fsp3) is 0.222. The Labute approximate surface area is 156 Å². The van der Waals surface area contributed by atoms with Crippen LogP contribution in [0.4, 0.5) is 18.9 Å². The van der Waals surface area contributed by atoms with E-state index in [2.05, 4.69) is 5.32 Å². The summed E-state index contributed by atoms with van der Waals surface area (Å²) in [6, 6.07) is 10.1. The van der Waals surface area contributed by atoms with Crippen LogP contribution in [0.15, 0.2) is 53.4 Å². The molecule has 27 heavy (non-hydrogen) atoms. The smallest absolute Gasteiger partial charge is 0.416 e. The zero-order chi connectivity index (χ0) is 20.0. The van der Waals surface area contributed by atoms with E-state index in [4.69, 9.17) is 4.74 Å². The van der Waals surface area contributed by atoms with Crippen LogP contribution in [0.1, 0.15) is 22.8 Å². The third kappa shape index (κ3) is 5.65. The number of hydrogen-bond donors (Lipinski definition) is 1. The molecule has 0 saturated carbocycles. The van der Waals surface area contributed by atoms with E-state index < -0.39 is 41.0 Å². The van der Waals surface area contributed by atoms with E-state index in [9.17, 15) is 27.0 Å². The zero-order valence-corrected chi connectivity index (χ0v) is 15.0. The predicted molar refractivity (Wildman–Crippen MR) is 93.7 cm³/mol. The first-order chi connectivity index (χ1) is 12.7. The highest BCUT2D eigenvalue weighted by atomic mass is 32.2. The van der Waals surface area contributed by atoms with Crippen molar-refractivity contribution in [3.8, 4) is 0 Å². The van der Waals surface area contributed by atoms with Crippen LogP contribution < -0.4 is 5.32 Å². The molecule has 1 amide bonds. The van der Waals surface area contributed by atoms with Crippen molar-refractivity contribution in [2.45, 2.75) is 18.0 Å². The lowest BCUT2D eigenvalue weighted by Gasteiger charge is -2.10. The highest BCUT2D eigenvalue weighted by Gasteiger charge is 2.30. The molecule has 0 aromatic heterocycles. The van der Waals surface area contributed by atoms with Crippen molar-refractivity contribution < 1.29 is 31.7 Å². The Hall–Kier alpha value is -2.68. The number of ether oxygens (including phenoxy) is 1. The number of benzene rings is 2. The molecule has 0 aliphatic rings. The summed E-state index contributed by atoms with van der Waals surface area (Å²) in [5.74, 6) is -1.20. The summed E-state index contributed by atoms with van der Waals surface area (Å²) in [5, 5.41) is 2.33. The molecule has 2 rings (SSSR count). The monoisotopic (exact) mass is 399 g/mol. The van der Waals surface area contributed by atoms with Gasteiger partial charge in [0.2, 0.25) is 0 Å². The van der Waals surface area contributed by atoms with Crippen molar-refractivity contribution in [2.24, 2.45) is 0 Å². The number of carbonyl (C=O) groups excluding carboxylic acids is 2. The molecule has 2 aromatic rings. The van der Waals surface area contributed by atoms with Gasteiger partial charge in [0.15, 0.2) is 6.61 Å². The van der Waals surface area contributed by atoms with Gasteiger partial charge in [-0.15, -0.1) is 0 Å². The van der Waals surface area contributed by atoms with Crippen LogP contribution >= 0.6 is 0 Å². The summed E-state index contributed by atoms with van der Waals surface area (Å²) in [6.07, 6.45) is -4.47. The van der Waals surface area contributed by atoms with Crippen LogP contribution in [0.2, 0.25) is 0 Å². The molecule has 0 bridgehead atoms. The van der Waals surface area contributed by atoms with E-state index in [1.54, 1.807) is 25.1 Å².